The molecule has 0 fully saturated rings. The van der Waals surface area contributed by atoms with Crippen LogP contribution >= 0.6 is 0 Å². The van der Waals surface area contributed by atoms with E-state index in [0.29, 0.717) is 6.04 Å². The fraction of sp³-hybridized carbons (Fsp3) is 0.438. The van der Waals surface area contributed by atoms with Crippen molar-refractivity contribution in [1.29, 1.82) is 0 Å². The van der Waals surface area contributed by atoms with Gasteiger partial charge in [-0.25, -0.2) is 0 Å². The first kappa shape index (κ1) is 13.8. The first-order valence-corrected chi connectivity index (χ1v) is 6.97. The van der Waals surface area contributed by atoms with Crippen molar-refractivity contribution in [2.24, 2.45) is 7.05 Å². The lowest BCUT2D eigenvalue weighted by Crippen LogP contribution is -2.22. The van der Waals surface area contributed by atoms with Crippen LogP contribution in [0.2, 0.25) is 0 Å². The van der Waals surface area contributed by atoms with Crippen LogP contribution < -0.4 is 5.32 Å². The Morgan fingerprint density at radius 1 is 1.21 bits per heavy atom. The van der Waals surface area contributed by atoms with Crippen LogP contribution in [0, 0.1) is 6.92 Å². The Morgan fingerprint density at radius 3 is 2.53 bits per heavy atom. The Labute approximate surface area is 115 Å². The Morgan fingerprint density at radius 2 is 1.95 bits per heavy atom. The zero-order valence-electron chi connectivity index (χ0n) is 12.1. The van der Waals surface area contributed by atoms with E-state index in [-0.39, 0.29) is 0 Å². The maximum atomic E-state index is 4.51. The van der Waals surface area contributed by atoms with Crippen molar-refractivity contribution in [3.63, 3.8) is 0 Å². The molecule has 0 amide bonds. The van der Waals surface area contributed by atoms with Gasteiger partial charge in [-0.1, -0.05) is 36.8 Å². The van der Waals surface area contributed by atoms with Crippen LogP contribution in [0.25, 0.3) is 0 Å². The Kier molecular flexibility index (Phi) is 4.74. The first-order valence-electron chi connectivity index (χ1n) is 6.97. The van der Waals surface area contributed by atoms with E-state index in [9.17, 15) is 0 Å². The zero-order chi connectivity index (χ0) is 13.7. The SMILES string of the molecule is CCNC(CCc1ccc(C)cc1)c1ccn(C)n1. The van der Waals surface area contributed by atoms with Crippen LogP contribution in [0.5, 0.6) is 0 Å². The van der Waals surface area contributed by atoms with E-state index >= 15 is 0 Å². The highest BCUT2D eigenvalue weighted by atomic mass is 15.3. The van der Waals surface area contributed by atoms with Crippen LogP contribution in [-0.4, -0.2) is 16.3 Å². The smallest absolute Gasteiger partial charge is 0.0793 e. The lowest BCUT2D eigenvalue weighted by molar-refractivity contribution is 0.497. The summed E-state index contributed by atoms with van der Waals surface area (Å²) in [6.45, 7) is 5.23. The van der Waals surface area contributed by atoms with E-state index in [1.54, 1.807) is 0 Å². The Hall–Kier alpha value is -1.61. The van der Waals surface area contributed by atoms with Crippen molar-refractivity contribution < 1.29 is 0 Å². The number of hydrogen-bond acceptors (Lipinski definition) is 2. The van der Waals surface area contributed by atoms with Gasteiger partial charge in [-0.2, -0.15) is 5.10 Å². The highest BCUT2D eigenvalue weighted by Gasteiger charge is 2.12. The third-order valence-electron chi connectivity index (χ3n) is 3.38. The number of aryl methyl sites for hydroxylation is 3. The number of benzene rings is 1. The van der Waals surface area contributed by atoms with Gasteiger partial charge in [0.05, 0.1) is 11.7 Å². The molecule has 0 aliphatic heterocycles. The Bertz CT molecular complexity index is 499. The summed E-state index contributed by atoms with van der Waals surface area (Å²) >= 11 is 0. The second-order valence-corrected chi connectivity index (χ2v) is 5.05. The predicted octanol–water partition coefficient (Wildman–Crippen LogP) is 3.01. The average Bonchev–Trinajstić information content (AvgIpc) is 2.83. The maximum Gasteiger partial charge on any atom is 0.0793 e. The summed E-state index contributed by atoms with van der Waals surface area (Å²) < 4.78 is 1.87. The van der Waals surface area contributed by atoms with Crippen LogP contribution in [0.1, 0.15) is 36.2 Å². The number of aromatic nitrogens is 2. The topological polar surface area (TPSA) is 29.9 Å². The van der Waals surface area contributed by atoms with Gasteiger partial charge in [0, 0.05) is 13.2 Å². The summed E-state index contributed by atoms with van der Waals surface area (Å²) in [6, 6.07) is 11.2. The van der Waals surface area contributed by atoms with Crippen molar-refractivity contribution in [2.75, 3.05) is 6.54 Å². The highest BCUT2D eigenvalue weighted by molar-refractivity contribution is 5.21. The molecule has 2 rings (SSSR count). The quantitative estimate of drug-likeness (QED) is 0.862. The van der Waals surface area contributed by atoms with Gasteiger partial charge in [0.15, 0.2) is 0 Å². The van der Waals surface area contributed by atoms with Crippen LogP contribution in [0.15, 0.2) is 36.5 Å². The number of nitrogens with zero attached hydrogens (tertiary/aromatic N) is 2. The van der Waals surface area contributed by atoms with Gasteiger partial charge in [0.1, 0.15) is 0 Å². The molecule has 0 saturated heterocycles. The molecule has 0 bridgehead atoms. The monoisotopic (exact) mass is 257 g/mol. The third-order valence-corrected chi connectivity index (χ3v) is 3.38. The van der Waals surface area contributed by atoms with Crippen LogP contribution in [0.4, 0.5) is 0 Å². The van der Waals surface area contributed by atoms with Gasteiger partial charge in [-0.15, -0.1) is 0 Å². The first-order chi connectivity index (χ1) is 9.19. The molecule has 0 aliphatic carbocycles. The molecule has 3 heteroatoms. The molecule has 3 nitrogen and oxygen atoms in total. The number of hydrogen-bond donors (Lipinski definition) is 1. The van der Waals surface area contributed by atoms with Gasteiger partial charge in [-0.3, -0.25) is 4.68 Å². The molecule has 1 heterocycles. The lowest BCUT2D eigenvalue weighted by atomic mass is 10.0. The summed E-state index contributed by atoms with van der Waals surface area (Å²) in [6.07, 6.45) is 4.16. The minimum Gasteiger partial charge on any atom is -0.309 e. The van der Waals surface area contributed by atoms with Gasteiger partial charge in [0.25, 0.3) is 0 Å². The molecular formula is C16H23N3. The standard InChI is InChI=1S/C16H23N3/c1-4-17-15(16-11-12-19(3)18-16)10-9-14-7-5-13(2)6-8-14/h5-8,11-12,15,17H,4,9-10H2,1-3H3. The fourth-order valence-corrected chi connectivity index (χ4v) is 2.29. The molecule has 0 radical (unpaired) electrons. The third kappa shape index (κ3) is 3.93. The van der Waals surface area contributed by atoms with Crippen molar-refractivity contribution in [2.45, 2.75) is 32.7 Å². The average molecular weight is 257 g/mol. The summed E-state index contributed by atoms with van der Waals surface area (Å²) in [7, 11) is 1.96. The molecule has 1 N–H and O–H groups in total. The second-order valence-electron chi connectivity index (χ2n) is 5.05. The second kappa shape index (κ2) is 6.53. The maximum absolute atomic E-state index is 4.51. The van der Waals surface area contributed by atoms with E-state index in [1.807, 2.05) is 17.9 Å². The van der Waals surface area contributed by atoms with E-state index in [0.717, 1.165) is 25.1 Å². The van der Waals surface area contributed by atoms with E-state index in [4.69, 9.17) is 0 Å². The molecule has 0 saturated carbocycles. The molecule has 1 unspecified atom stereocenters. The van der Waals surface area contributed by atoms with E-state index in [2.05, 4.69) is 54.6 Å². The molecule has 2 aromatic rings. The highest BCUT2D eigenvalue weighted by Crippen LogP contribution is 2.17. The fourth-order valence-electron chi connectivity index (χ4n) is 2.29. The van der Waals surface area contributed by atoms with Crippen molar-refractivity contribution in [3.05, 3.63) is 53.3 Å². The minimum atomic E-state index is 0.340. The molecular weight excluding hydrogens is 234 g/mol. The molecule has 1 atom stereocenters. The van der Waals surface area contributed by atoms with Crippen molar-refractivity contribution in [1.82, 2.24) is 15.1 Å². The molecule has 0 spiro atoms. The normalized spacial score (nSPS) is 12.6. The van der Waals surface area contributed by atoms with Gasteiger partial charge in [-0.05, 0) is 37.9 Å². The summed E-state index contributed by atoms with van der Waals surface area (Å²) in [5.41, 5.74) is 3.85. The predicted molar refractivity (Wildman–Crippen MR) is 79.1 cm³/mol. The molecule has 1 aromatic carbocycles. The number of rotatable bonds is 6. The summed E-state index contributed by atoms with van der Waals surface area (Å²) in [4.78, 5) is 0. The minimum absolute atomic E-state index is 0.340. The lowest BCUT2D eigenvalue weighted by Gasteiger charge is -2.15. The van der Waals surface area contributed by atoms with Gasteiger partial charge >= 0.3 is 0 Å². The summed E-state index contributed by atoms with van der Waals surface area (Å²) in [5, 5.41) is 8.03. The van der Waals surface area contributed by atoms with Crippen molar-refractivity contribution >= 4 is 0 Å². The molecule has 0 aliphatic rings. The van der Waals surface area contributed by atoms with Crippen LogP contribution in [0.3, 0.4) is 0 Å². The number of nitrogens with one attached hydrogen (secondary N) is 1. The summed E-state index contributed by atoms with van der Waals surface area (Å²) in [5.74, 6) is 0. The van der Waals surface area contributed by atoms with E-state index < -0.39 is 0 Å². The van der Waals surface area contributed by atoms with E-state index in [1.165, 1.54) is 11.1 Å². The van der Waals surface area contributed by atoms with Gasteiger partial charge in [0.2, 0.25) is 0 Å². The molecule has 19 heavy (non-hydrogen) atoms. The van der Waals surface area contributed by atoms with Crippen LogP contribution in [-0.2, 0) is 13.5 Å². The Balaban J connectivity index is 1.99. The molecule has 102 valence electrons. The largest absolute Gasteiger partial charge is 0.309 e. The van der Waals surface area contributed by atoms with Gasteiger partial charge < -0.3 is 5.32 Å². The molecule has 1 aromatic heterocycles. The zero-order valence-corrected chi connectivity index (χ0v) is 12.1. The van der Waals surface area contributed by atoms with Crippen molar-refractivity contribution in [3.8, 4) is 0 Å².